The molecule has 1 aromatic carbocycles. The number of fused-ring (bicyclic) bond motifs is 3. The highest BCUT2D eigenvalue weighted by atomic mass is 16.5. The van der Waals surface area contributed by atoms with Crippen LogP contribution < -0.4 is 5.55 Å². The Morgan fingerprint density at radius 3 is 2.33 bits per heavy atom. The lowest BCUT2D eigenvalue weighted by molar-refractivity contribution is 0.277. The number of furan rings is 1. The molecule has 4 heteroatoms. The zero-order valence-corrected chi connectivity index (χ0v) is 12.9. The molecule has 4 nitrogen and oxygen atoms in total. The van der Waals surface area contributed by atoms with E-state index in [1.165, 1.54) is 5.56 Å². The van der Waals surface area contributed by atoms with Crippen LogP contribution in [0.5, 0.6) is 0 Å². The zero-order chi connectivity index (χ0) is 15.4. The quantitative estimate of drug-likeness (QED) is 0.492. The maximum Gasteiger partial charge on any atom is 0.255 e. The van der Waals surface area contributed by atoms with Crippen LogP contribution in [0.25, 0.3) is 21.9 Å². The fourth-order valence-corrected chi connectivity index (χ4v) is 2.84. The Balaban J connectivity index is 2.54. The molecule has 0 aliphatic heterocycles. The Kier molecular flexibility index (Phi) is 2.87. The third-order valence-electron chi connectivity index (χ3n) is 3.86. The second-order valence-corrected chi connectivity index (χ2v) is 6.54. The summed E-state index contributed by atoms with van der Waals surface area (Å²) in [6.07, 6.45) is 1.83. The second-order valence-electron chi connectivity index (χ2n) is 6.54. The SMILES string of the molecule is Cc1cc2o/c(=N/O)cc(C)c2c2occ(C(C)(C)C)c12. The Morgan fingerprint density at radius 1 is 1.05 bits per heavy atom. The second kappa shape index (κ2) is 4.38. The molecule has 0 radical (unpaired) electrons. The van der Waals surface area contributed by atoms with Crippen molar-refractivity contribution < 1.29 is 14.0 Å². The molecule has 0 atom stereocenters. The molecule has 0 spiro atoms. The smallest absolute Gasteiger partial charge is 0.255 e. The summed E-state index contributed by atoms with van der Waals surface area (Å²) in [5.41, 5.74) is 4.95. The van der Waals surface area contributed by atoms with Gasteiger partial charge in [0.15, 0.2) is 0 Å². The summed E-state index contributed by atoms with van der Waals surface area (Å²) in [4.78, 5) is 0. The van der Waals surface area contributed by atoms with Crippen LogP contribution in [0.1, 0.15) is 37.5 Å². The highest BCUT2D eigenvalue weighted by Crippen LogP contribution is 2.38. The maximum atomic E-state index is 8.92. The van der Waals surface area contributed by atoms with Crippen LogP contribution in [0.3, 0.4) is 0 Å². The minimum absolute atomic E-state index is 0.00903. The summed E-state index contributed by atoms with van der Waals surface area (Å²) in [7, 11) is 0. The van der Waals surface area contributed by atoms with Crippen LogP contribution >= 0.6 is 0 Å². The highest BCUT2D eigenvalue weighted by Gasteiger charge is 2.23. The number of hydrogen-bond acceptors (Lipinski definition) is 4. The van der Waals surface area contributed by atoms with Gasteiger partial charge in [0.05, 0.1) is 11.6 Å². The van der Waals surface area contributed by atoms with E-state index in [0.29, 0.717) is 5.58 Å². The van der Waals surface area contributed by atoms with E-state index in [9.17, 15) is 0 Å². The molecule has 110 valence electrons. The van der Waals surface area contributed by atoms with Crippen molar-refractivity contribution in [2.24, 2.45) is 5.16 Å². The van der Waals surface area contributed by atoms with Gasteiger partial charge in [0, 0.05) is 17.0 Å². The molecule has 1 N–H and O–H groups in total. The van der Waals surface area contributed by atoms with Crippen molar-refractivity contribution in [1.29, 1.82) is 0 Å². The summed E-state index contributed by atoms with van der Waals surface area (Å²) >= 11 is 0. The highest BCUT2D eigenvalue weighted by molar-refractivity contribution is 6.06. The van der Waals surface area contributed by atoms with Gasteiger partial charge in [-0.25, -0.2) is 0 Å². The average molecular weight is 285 g/mol. The van der Waals surface area contributed by atoms with Crippen molar-refractivity contribution in [2.75, 3.05) is 0 Å². The molecule has 3 rings (SSSR count). The topological polar surface area (TPSA) is 58.9 Å². The van der Waals surface area contributed by atoms with Crippen LogP contribution in [0.2, 0.25) is 0 Å². The van der Waals surface area contributed by atoms with E-state index in [1.54, 1.807) is 6.07 Å². The number of hydrogen-bond donors (Lipinski definition) is 1. The van der Waals surface area contributed by atoms with Crippen molar-refractivity contribution in [1.82, 2.24) is 0 Å². The van der Waals surface area contributed by atoms with Gasteiger partial charge in [-0.3, -0.25) is 0 Å². The summed E-state index contributed by atoms with van der Waals surface area (Å²) in [5.74, 6) is 0. The van der Waals surface area contributed by atoms with E-state index < -0.39 is 0 Å². The van der Waals surface area contributed by atoms with Crippen molar-refractivity contribution in [3.05, 3.63) is 40.6 Å². The van der Waals surface area contributed by atoms with E-state index in [2.05, 4.69) is 25.9 Å². The van der Waals surface area contributed by atoms with Crippen molar-refractivity contribution in [2.45, 2.75) is 40.0 Å². The van der Waals surface area contributed by atoms with Crippen LogP contribution in [0.4, 0.5) is 0 Å². The van der Waals surface area contributed by atoms with Crippen LogP contribution in [-0.4, -0.2) is 5.21 Å². The molecule has 2 aromatic heterocycles. The molecule has 2 heterocycles. The predicted molar refractivity (Wildman–Crippen MR) is 81.5 cm³/mol. The molecule has 0 aliphatic carbocycles. The van der Waals surface area contributed by atoms with Crippen LogP contribution in [0, 0.1) is 13.8 Å². The standard InChI is InChI=1S/C17H19NO3/c1-9-6-12-15(10(2)7-13(18-19)21-12)16-14(9)11(8-20-16)17(3,4)5/h6-8,19H,1-5H3/b18-13+. The Bertz CT molecular complexity index is 908. The summed E-state index contributed by atoms with van der Waals surface area (Å²) in [5, 5.41) is 14.1. The summed E-state index contributed by atoms with van der Waals surface area (Å²) < 4.78 is 11.5. The third-order valence-corrected chi connectivity index (χ3v) is 3.86. The van der Waals surface area contributed by atoms with Gasteiger partial charge in [0.1, 0.15) is 11.2 Å². The average Bonchev–Trinajstić information content (AvgIpc) is 2.83. The Labute approximate surface area is 122 Å². The van der Waals surface area contributed by atoms with Crippen LogP contribution in [-0.2, 0) is 5.41 Å². The Morgan fingerprint density at radius 2 is 1.71 bits per heavy atom. The van der Waals surface area contributed by atoms with Gasteiger partial charge in [-0.15, -0.1) is 0 Å². The lowest BCUT2D eigenvalue weighted by atomic mass is 9.85. The minimum Gasteiger partial charge on any atom is -0.463 e. The first-order valence-corrected chi connectivity index (χ1v) is 6.97. The molecule has 0 aliphatic rings. The lowest BCUT2D eigenvalue weighted by Gasteiger charge is -2.17. The van der Waals surface area contributed by atoms with E-state index >= 15 is 0 Å². The molecule has 0 fully saturated rings. The first-order valence-electron chi connectivity index (χ1n) is 6.97. The van der Waals surface area contributed by atoms with Gasteiger partial charge in [-0.05, 0) is 41.6 Å². The molecule has 0 unspecified atom stereocenters. The van der Waals surface area contributed by atoms with E-state index in [-0.39, 0.29) is 11.0 Å². The monoisotopic (exact) mass is 285 g/mol. The fourth-order valence-electron chi connectivity index (χ4n) is 2.84. The van der Waals surface area contributed by atoms with E-state index in [0.717, 1.165) is 27.5 Å². The zero-order valence-electron chi connectivity index (χ0n) is 12.9. The van der Waals surface area contributed by atoms with Gasteiger partial charge in [-0.2, -0.15) is 0 Å². The van der Waals surface area contributed by atoms with E-state index in [1.807, 2.05) is 26.2 Å². The van der Waals surface area contributed by atoms with Crippen LogP contribution in [0.15, 0.2) is 32.4 Å². The molecule has 21 heavy (non-hydrogen) atoms. The van der Waals surface area contributed by atoms with E-state index in [4.69, 9.17) is 14.0 Å². The number of rotatable bonds is 0. The molecule has 3 aromatic rings. The van der Waals surface area contributed by atoms with Gasteiger partial charge in [-0.1, -0.05) is 20.8 Å². The molecule has 0 bridgehead atoms. The summed E-state index contributed by atoms with van der Waals surface area (Å²) in [6.45, 7) is 10.5. The van der Waals surface area contributed by atoms with Crippen molar-refractivity contribution in [3.8, 4) is 0 Å². The number of benzene rings is 1. The van der Waals surface area contributed by atoms with Gasteiger partial charge in [0.25, 0.3) is 5.55 Å². The minimum atomic E-state index is 0.00903. The molecular formula is C17H19NO3. The normalized spacial score (nSPS) is 13.5. The Hall–Kier alpha value is -2.23. The fraction of sp³-hybridized carbons (Fsp3) is 0.353. The number of aryl methyl sites for hydroxylation is 2. The molecular weight excluding hydrogens is 266 g/mol. The number of nitrogens with zero attached hydrogens (tertiary/aromatic N) is 1. The molecule has 0 saturated heterocycles. The first-order chi connectivity index (χ1) is 9.82. The van der Waals surface area contributed by atoms with Gasteiger partial charge >= 0.3 is 0 Å². The summed E-state index contributed by atoms with van der Waals surface area (Å²) in [6, 6.07) is 3.68. The van der Waals surface area contributed by atoms with Crippen molar-refractivity contribution >= 4 is 21.9 Å². The van der Waals surface area contributed by atoms with Gasteiger partial charge in [0.2, 0.25) is 0 Å². The predicted octanol–water partition coefficient (Wildman–Crippen LogP) is 4.38. The lowest BCUT2D eigenvalue weighted by Crippen LogP contribution is -2.10. The molecule has 0 saturated carbocycles. The largest absolute Gasteiger partial charge is 0.463 e. The van der Waals surface area contributed by atoms with Crippen molar-refractivity contribution in [3.63, 3.8) is 0 Å². The molecule has 0 amide bonds. The first kappa shape index (κ1) is 13.7. The maximum absolute atomic E-state index is 8.92. The third kappa shape index (κ3) is 2.02. The van der Waals surface area contributed by atoms with Gasteiger partial charge < -0.3 is 14.0 Å².